The lowest BCUT2D eigenvalue weighted by atomic mass is 9.97. The Balaban J connectivity index is 1.75. The van der Waals surface area contributed by atoms with Crippen molar-refractivity contribution in [3.05, 3.63) is 68.3 Å². The Morgan fingerprint density at radius 2 is 1.58 bits per heavy atom. The molecule has 0 aliphatic heterocycles. The van der Waals surface area contributed by atoms with E-state index in [0.29, 0.717) is 6.42 Å². The van der Waals surface area contributed by atoms with Crippen LogP contribution in [0.1, 0.15) is 36.0 Å². The van der Waals surface area contributed by atoms with Crippen LogP contribution in [0.15, 0.2) is 47.4 Å². The second-order valence-electron chi connectivity index (χ2n) is 7.53. The third-order valence-corrected chi connectivity index (χ3v) is 6.49. The molecular weight excluding hydrogens is 422 g/mol. The molecular formula is C21H23N3O6S. The largest absolute Gasteiger partial charge is 0.458 e. The molecule has 0 unspecified atom stereocenters. The predicted octanol–water partition coefficient (Wildman–Crippen LogP) is 4.83. The van der Waals surface area contributed by atoms with Crippen LogP contribution in [0.3, 0.4) is 0 Å². The molecule has 2 aromatic rings. The van der Waals surface area contributed by atoms with Gasteiger partial charge in [-0.2, -0.15) is 0 Å². The second kappa shape index (κ2) is 9.78. The Morgan fingerprint density at radius 3 is 2.13 bits per heavy atom. The van der Waals surface area contributed by atoms with Gasteiger partial charge in [0.25, 0.3) is 11.4 Å². The van der Waals surface area contributed by atoms with E-state index >= 15 is 0 Å². The first-order valence-electron chi connectivity index (χ1n) is 9.83. The Morgan fingerprint density at radius 1 is 1.00 bits per heavy atom. The van der Waals surface area contributed by atoms with E-state index in [2.05, 4.69) is 0 Å². The van der Waals surface area contributed by atoms with E-state index in [1.807, 2.05) is 43.3 Å². The first-order chi connectivity index (χ1) is 14.7. The quantitative estimate of drug-likeness (QED) is 0.338. The van der Waals surface area contributed by atoms with Crippen LogP contribution in [-0.2, 0) is 4.74 Å². The first-order valence-corrected chi connectivity index (χ1v) is 10.7. The number of nitro groups is 2. The van der Waals surface area contributed by atoms with E-state index < -0.39 is 27.2 Å². The maximum atomic E-state index is 12.7. The number of hydrogen-bond acceptors (Lipinski definition) is 8. The molecule has 31 heavy (non-hydrogen) atoms. The summed E-state index contributed by atoms with van der Waals surface area (Å²) < 4.78 is 5.68. The highest BCUT2D eigenvalue weighted by Gasteiger charge is 2.30. The number of nitrogens with zero attached hydrogens (tertiary/aromatic N) is 3. The van der Waals surface area contributed by atoms with Gasteiger partial charge in [0.1, 0.15) is 6.10 Å². The maximum Gasteiger partial charge on any atom is 0.338 e. The fraction of sp³-hybridized carbons (Fsp3) is 0.381. The zero-order valence-electron chi connectivity index (χ0n) is 17.2. The number of benzene rings is 2. The smallest absolute Gasteiger partial charge is 0.338 e. The van der Waals surface area contributed by atoms with Gasteiger partial charge >= 0.3 is 5.97 Å². The van der Waals surface area contributed by atoms with Gasteiger partial charge in [-0.25, -0.2) is 4.79 Å². The summed E-state index contributed by atoms with van der Waals surface area (Å²) >= 11 is 1.63. The van der Waals surface area contributed by atoms with Crippen LogP contribution in [0.2, 0.25) is 0 Å². The van der Waals surface area contributed by atoms with Crippen molar-refractivity contribution in [1.29, 1.82) is 0 Å². The van der Waals surface area contributed by atoms with E-state index in [9.17, 15) is 25.0 Å². The van der Waals surface area contributed by atoms with Crippen molar-refractivity contribution in [1.82, 2.24) is 0 Å². The second-order valence-corrected chi connectivity index (χ2v) is 8.84. The van der Waals surface area contributed by atoms with Crippen LogP contribution in [0, 0.1) is 20.2 Å². The van der Waals surface area contributed by atoms with Gasteiger partial charge in [0.2, 0.25) is 0 Å². The minimum Gasteiger partial charge on any atom is -0.458 e. The van der Waals surface area contributed by atoms with E-state index in [4.69, 9.17) is 4.74 Å². The van der Waals surface area contributed by atoms with Gasteiger partial charge in [-0.05, 0) is 43.5 Å². The number of carbonyl (C=O) groups excluding carboxylic acids is 1. The Bertz CT molecular complexity index is 947. The van der Waals surface area contributed by atoms with Crippen LogP contribution in [0.4, 0.5) is 17.1 Å². The molecule has 164 valence electrons. The molecule has 3 rings (SSSR count). The number of non-ortho nitro benzene ring substituents is 2. The maximum absolute atomic E-state index is 12.7. The van der Waals surface area contributed by atoms with E-state index in [-0.39, 0.29) is 16.9 Å². The third kappa shape index (κ3) is 5.72. The van der Waals surface area contributed by atoms with Crippen molar-refractivity contribution in [3.8, 4) is 0 Å². The number of ether oxygens (including phenoxy) is 1. The summed E-state index contributed by atoms with van der Waals surface area (Å²) in [5.41, 5.74) is -0.137. The average Bonchev–Trinajstić information content (AvgIpc) is 2.75. The highest BCUT2D eigenvalue weighted by Crippen LogP contribution is 2.36. The summed E-state index contributed by atoms with van der Waals surface area (Å²) in [6, 6.07) is 11.0. The standard InChI is InChI=1S/C21H23N3O6S/c1-22(2)15-7-9-18(10-8-15)31-20-6-4-3-5-19(20)30-21(25)14-11-16(23(26)27)13-17(12-14)24(28)29/h7-13,19-20H,3-6H2,1-2H3/t19-,20-/m0/s1. The molecule has 2 aromatic carbocycles. The summed E-state index contributed by atoms with van der Waals surface area (Å²) in [6.45, 7) is 0. The average molecular weight is 445 g/mol. The van der Waals surface area contributed by atoms with Gasteiger partial charge in [-0.3, -0.25) is 20.2 Å². The predicted molar refractivity (Wildman–Crippen MR) is 118 cm³/mol. The highest BCUT2D eigenvalue weighted by atomic mass is 32.2. The van der Waals surface area contributed by atoms with E-state index in [1.165, 1.54) is 0 Å². The van der Waals surface area contributed by atoms with E-state index in [1.54, 1.807) is 11.8 Å². The number of nitro benzene ring substituents is 2. The molecule has 10 heteroatoms. The SMILES string of the molecule is CN(C)c1ccc(S[C@H]2CCCC[C@@H]2OC(=O)c2cc([N+](=O)[O-])cc([N+](=O)[O-])c2)cc1. The Kier molecular flexibility index (Phi) is 7.11. The Hall–Kier alpha value is -3.14. The summed E-state index contributed by atoms with van der Waals surface area (Å²) in [4.78, 5) is 36.4. The molecule has 0 heterocycles. The molecule has 0 amide bonds. The zero-order valence-corrected chi connectivity index (χ0v) is 18.0. The van der Waals surface area contributed by atoms with Gasteiger partial charge in [-0.15, -0.1) is 11.8 Å². The first kappa shape index (κ1) is 22.5. The van der Waals surface area contributed by atoms with Crippen LogP contribution in [0.5, 0.6) is 0 Å². The molecule has 9 nitrogen and oxygen atoms in total. The molecule has 0 saturated heterocycles. The number of hydrogen-bond donors (Lipinski definition) is 0. The van der Waals surface area contributed by atoms with Crippen LogP contribution in [-0.4, -0.2) is 41.3 Å². The molecule has 2 atom stereocenters. The van der Waals surface area contributed by atoms with Gasteiger partial charge in [0, 0.05) is 42.1 Å². The van der Waals surface area contributed by atoms with Crippen molar-refractivity contribution in [3.63, 3.8) is 0 Å². The summed E-state index contributed by atoms with van der Waals surface area (Å²) in [7, 11) is 3.94. The van der Waals surface area contributed by atoms with Crippen molar-refractivity contribution in [2.75, 3.05) is 19.0 Å². The minimum atomic E-state index is -0.785. The molecule has 1 aliphatic rings. The number of anilines is 1. The highest BCUT2D eigenvalue weighted by molar-refractivity contribution is 8.00. The molecule has 0 N–H and O–H groups in total. The topological polar surface area (TPSA) is 116 Å². The van der Waals surface area contributed by atoms with Gasteiger partial charge < -0.3 is 9.64 Å². The van der Waals surface area contributed by atoms with Crippen molar-refractivity contribution >= 4 is 34.8 Å². The number of thioether (sulfide) groups is 1. The van der Waals surface area contributed by atoms with Gasteiger partial charge in [0.05, 0.1) is 21.5 Å². The summed E-state index contributed by atoms with van der Waals surface area (Å²) in [5, 5.41) is 22.2. The lowest BCUT2D eigenvalue weighted by Gasteiger charge is -2.30. The van der Waals surface area contributed by atoms with Crippen LogP contribution in [0.25, 0.3) is 0 Å². The molecule has 1 aliphatic carbocycles. The fourth-order valence-electron chi connectivity index (χ4n) is 3.46. The summed E-state index contributed by atoms with van der Waals surface area (Å²) in [6.07, 6.45) is 3.09. The fourth-order valence-corrected chi connectivity index (χ4v) is 4.73. The number of esters is 1. The number of carbonyl (C=O) groups is 1. The molecule has 1 fully saturated rings. The molecule has 0 bridgehead atoms. The van der Waals surface area contributed by atoms with Crippen LogP contribution >= 0.6 is 11.8 Å². The van der Waals surface area contributed by atoms with Crippen molar-refractivity contribution in [2.24, 2.45) is 0 Å². The lowest BCUT2D eigenvalue weighted by Crippen LogP contribution is -2.32. The lowest BCUT2D eigenvalue weighted by molar-refractivity contribution is -0.394. The number of rotatable bonds is 7. The summed E-state index contributed by atoms with van der Waals surface area (Å²) in [5.74, 6) is -0.785. The molecule has 0 spiro atoms. The monoisotopic (exact) mass is 445 g/mol. The minimum absolute atomic E-state index is 0.0385. The Labute approximate surface area is 183 Å². The van der Waals surface area contributed by atoms with Gasteiger partial charge in [-0.1, -0.05) is 6.42 Å². The normalized spacial score (nSPS) is 18.3. The molecule has 1 saturated carbocycles. The van der Waals surface area contributed by atoms with Crippen molar-refractivity contribution in [2.45, 2.75) is 41.9 Å². The molecule has 0 radical (unpaired) electrons. The third-order valence-electron chi connectivity index (χ3n) is 5.10. The van der Waals surface area contributed by atoms with Crippen molar-refractivity contribution < 1.29 is 19.4 Å². The van der Waals surface area contributed by atoms with Gasteiger partial charge in [0.15, 0.2) is 0 Å². The molecule has 0 aromatic heterocycles. The van der Waals surface area contributed by atoms with E-state index in [0.717, 1.165) is 48.0 Å². The van der Waals surface area contributed by atoms with Crippen LogP contribution < -0.4 is 4.90 Å². The zero-order chi connectivity index (χ0) is 22.5.